The van der Waals surface area contributed by atoms with Crippen LogP contribution in [0.3, 0.4) is 0 Å². The Hall–Kier alpha value is -3.08. The number of carbonyl (C=O) groups excluding carboxylic acids is 3. The molecule has 0 bridgehead atoms. The maximum absolute atomic E-state index is 13.1. The Morgan fingerprint density at radius 2 is 1.64 bits per heavy atom. The van der Waals surface area contributed by atoms with Gasteiger partial charge in [0.25, 0.3) is 0 Å². The zero-order chi connectivity index (χ0) is 26.5. The number of rotatable bonds is 8. The van der Waals surface area contributed by atoms with Gasteiger partial charge in [0.1, 0.15) is 0 Å². The number of esters is 2. The number of urea groups is 1. The van der Waals surface area contributed by atoms with Crippen LogP contribution in [0.1, 0.15) is 50.8 Å². The summed E-state index contributed by atoms with van der Waals surface area (Å²) in [4.78, 5) is 41.7. The first-order chi connectivity index (χ1) is 17.1. The fourth-order valence-corrected chi connectivity index (χ4v) is 4.57. The average molecular weight is 512 g/mol. The van der Waals surface area contributed by atoms with Crippen molar-refractivity contribution in [3.8, 4) is 0 Å². The van der Waals surface area contributed by atoms with Crippen LogP contribution in [0, 0.1) is 5.92 Å². The first-order valence-electron chi connectivity index (χ1n) is 12.1. The lowest BCUT2D eigenvalue weighted by Crippen LogP contribution is -2.51. The van der Waals surface area contributed by atoms with Crippen molar-refractivity contribution in [2.24, 2.45) is 5.92 Å². The molecule has 1 N–H and O–H groups in total. The van der Waals surface area contributed by atoms with E-state index in [0.717, 1.165) is 12.1 Å². The zero-order valence-corrected chi connectivity index (χ0v) is 20.7. The molecule has 198 valence electrons. The Kier molecular flexibility index (Phi) is 8.99. The minimum absolute atomic E-state index is 0.0976. The third-order valence-electron chi connectivity index (χ3n) is 6.40. The molecule has 3 rings (SSSR count). The molecule has 2 heterocycles. The molecule has 0 unspecified atom stereocenters. The topological polar surface area (TPSA) is 88.2 Å². The van der Waals surface area contributed by atoms with Crippen LogP contribution in [0.2, 0.25) is 0 Å². The zero-order valence-electron chi connectivity index (χ0n) is 20.7. The fourth-order valence-electron chi connectivity index (χ4n) is 4.57. The van der Waals surface area contributed by atoms with Crippen LogP contribution < -0.4 is 5.32 Å². The molecule has 0 radical (unpaired) electrons. The molecule has 1 saturated heterocycles. The van der Waals surface area contributed by atoms with E-state index in [4.69, 9.17) is 9.47 Å². The van der Waals surface area contributed by atoms with E-state index in [1.165, 1.54) is 17.0 Å². The fraction of sp³-hybridized carbons (Fsp3) is 0.560. The summed E-state index contributed by atoms with van der Waals surface area (Å²) < 4.78 is 49.6. The number of piperidine rings is 1. The van der Waals surface area contributed by atoms with E-state index in [1.807, 2.05) is 0 Å². The summed E-state index contributed by atoms with van der Waals surface area (Å²) in [6, 6.07) is 2.96. The van der Waals surface area contributed by atoms with Crippen molar-refractivity contribution in [1.82, 2.24) is 15.1 Å². The van der Waals surface area contributed by atoms with Crippen molar-refractivity contribution in [3.05, 3.63) is 46.7 Å². The van der Waals surface area contributed by atoms with Gasteiger partial charge in [-0.1, -0.05) is 12.1 Å². The average Bonchev–Trinajstić information content (AvgIpc) is 2.84. The Bertz CT molecular complexity index is 986. The smallest absolute Gasteiger partial charge is 0.416 e. The molecular weight excluding hydrogens is 479 g/mol. The van der Waals surface area contributed by atoms with Gasteiger partial charge in [0, 0.05) is 18.8 Å². The lowest BCUT2D eigenvalue weighted by atomic mass is 9.92. The molecule has 11 heteroatoms. The van der Waals surface area contributed by atoms with Crippen molar-refractivity contribution in [3.63, 3.8) is 0 Å². The second-order valence-electron chi connectivity index (χ2n) is 8.63. The van der Waals surface area contributed by atoms with E-state index in [0.29, 0.717) is 43.8 Å². The van der Waals surface area contributed by atoms with Crippen LogP contribution in [0.25, 0.3) is 0 Å². The van der Waals surface area contributed by atoms with Crippen LogP contribution >= 0.6 is 0 Å². The van der Waals surface area contributed by atoms with Crippen LogP contribution in [0.15, 0.2) is 35.5 Å². The van der Waals surface area contributed by atoms with Crippen LogP contribution in [0.4, 0.5) is 18.0 Å². The highest BCUT2D eigenvalue weighted by Crippen LogP contribution is 2.35. The van der Waals surface area contributed by atoms with E-state index in [2.05, 4.69) is 10.2 Å². The monoisotopic (exact) mass is 511 g/mol. The molecule has 8 nitrogen and oxygen atoms in total. The Labute approximate surface area is 208 Å². The van der Waals surface area contributed by atoms with Crippen molar-refractivity contribution in [2.75, 3.05) is 39.4 Å². The molecule has 0 aliphatic carbocycles. The summed E-state index contributed by atoms with van der Waals surface area (Å²) in [5.74, 6) is -1.06. The molecule has 1 atom stereocenters. The molecule has 2 aliphatic rings. The largest absolute Gasteiger partial charge is 0.466 e. The second kappa shape index (κ2) is 11.8. The lowest BCUT2D eigenvalue weighted by Gasteiger charge is -2.39. The summed E-state index contributed by atoms with van der Waals surface area (Å²) in [5.41, 5.74) is 0.147. The van der Waals surface area contributed by atoms with Gasteiger partial charge < -0.3 is 14.8 Å². The number of carbonyl (C=O) groups is 3. The van der Waals surface area contributed by atoms with E-state index in [-0.39, 0.29) is 37.2 Å². The molecule has 1 aromatic rings. The number of benzene rings is 1. The van der Waals surface area contributed by atoms with Gasteiger partial charge in [0.15, 0.2) is 0 Å². The Morgan fingerprint density at radius 1 is 1.03 bits per heavy atom. The van der Waals surface area contributed by atoms with E-state index >= 15 is 0 Å². The number of ether oxygens (including phenoxy) is 2. The summed E-state index contributed by atoms with van der Waals surface area (Å²) in [5, 5.41) is 2.75. The van der Waals surface area contributed by atoms with Crippen molar-refractivity contribution in [1.29, 1.82) is 0 Å². The van der Waals surface area contributed by atoms with Gasteiger partial charge in [-0.05, 0) is 64.4 Å². The second-order valence-corrected chi connectivity index (χ2v) is 8.63. The maximum Gasteiger partial charge on any atom is 0.416 e. The highest BCUT2D eigenvalue weighted by molar-refractivity contribution is 5.95. The molecule has 1 fully saturated rings. The van der Waals surface area contributed by atoms with Gasteiger partial charge >= 0.3 is 24.1 Å². The first-order valence-corrected chi connectivity index (χ1v) is 12.1. The molecule has 1 aromatic carbocycles. The molecule has 2 amide bonds. The van der Waals surface area contributed by atoms with E-state index < -0.39 is 29.8 Å². The number of nitrogens with one attached hydrogen (secondary N) is 1. The number of alkyl halides is 3. The Morgan fingerprint density at radius 3 is 2.17 bits per heavy atom. The van der Waals surface area contributed by atoms with Crippen LogP contribution in [-0.2, 0) is 25.2 Å². The summed E-state index contributed by atoms with van der Waals surface area (Å²) in [6.45, 7) is 7.27. The molecule has 36 heavy (non-hydrogen) atoms. The van der Waals surface area contributed by atoms with Crippen molar-refractivity contribution in [2.45, 2.75) is 45.8 Å². The van der Waals surface area contributed by atoms with Gasteiger partial charge in [-0.15, -0.1) is 0 Å². The van der Waals surface area contributed by atoms with E-state index in [1.54, 1.807) is 20.8 Å². The number of hydrogen-bond acceptors (Lipinski definition) is 6. The minimum Gasteiger partial charge on any atom is -0.466 e. The van der Waals surface area contributed by atoms with Gasteiger partial charge in [0.05, 0.1) is 36.3 Å². The van der Waals surface area contributed by atoms with Gasteiger partial charge in [-0.25, -0.2) is 9.59 Å². The van der Waals surface area contributed by atoms with Crippen LogP contribution in [0.5, 0.6) is 0 Å². The third-order valence-corrected chi connectivity index (χ3v) is 6.40. The molecule has 0 saturated carbocycles. The predicted octanol–water partition coefficient (Wildman–Crippen LogP) is 3.88. The van der Waals surface area contributed by atoms with E-state index in [9.17, 15) is 27.6 Å². The molecule has 0 spiro atoms. The SMILES string of the molecule is CCOC(=O)C1=C(CN2CCC(C(=O)OCC)CC2)N(CC)C(=O)N[C@H]1c1ccc(C(F)(F)F)cc1. The number of likely N-dealkylation sites (N-methyl/N-ethyl adjacent to an activating group) is 1. The number of likely N-dealkylation sites (tertiary alicyclic amines) is 1. The first kappa shape index (κ1) is 27.5. The third kappa shape index (κ3) is 6.18. The number of nitrogens with zero attached hydrogens (tertiary/aromatic N) is 2. The van der Waals surface area contributed by atoms with Gasteiger partial charge in [-0.3, -0.25) is 14.6 Å². The molecular formula is C25H32F3N3O5. The summed E-state index contributed by atoms with van der Waals surface area (Å²) in [7, 11) is 0. The maximum atomic E-state index is 13.1. The number of hydrogen-bond donors (Lipinski definition) is 1. The lowest BCUT2D eigenvalue weighted by molar-refractivity contribution is -0.149. The van der Waals surface area contributed by atoms with Gasteiger partial charge in [-0.2, -0.15) is 13.2 Å². The summed E-state index contributed by atoms with van der Waals surface area (Å²) >= 11 is 0. The van der Waals surface area contributed by atoms with Crippen LogP contribution in [-0.4, -0.2) is 67.2 Å². The normalized spacial score (nSPS) is 19.8. The molecule has 2 aliphatic heterocycles. The molecule has 0 aromatic heterocycles. The summed E-state index contributed by atoms with van der Waals surface area (Å²) in [6.07, 6.45) is -3.34. The van der Waals surface area contributed by atoms with Crippen molar-refractivity contribution < 1.29 is 37.0 Å². The highest BCUT2D eigenvalue weighted by atomic mass is 19.4. The number of amides is 2. The van der Waals surface area contributed by atoms with Crippen molar-refractivity contribution >= 4 is 18.0 Å². The van der Waals surface area contributed by atoms with Gasteiger partial charge in [0.2, 0.25) is 0 Å². The standard InChI is InChI=1S/C25H32F3N3O5/c1-4-31-19(15-30-13-11-17(12-14-30)22(32)35-5-2)20(23(33)36-6-3)21(29-24(31)34)16-7-9-18(10-8-16)25(26,27)28/h7-10,17,21H,4-6,11-15H2,1-3H3,(H,29,34)/t21-/m0/s1. The highest BCUT2D eigenvalue weighted by Gasteiger charge is 2.39. The Balaban J connectivity index is 1.95. The quantitative estimate of drug-likeness (QED) is 0.533. The number of halogens is 3. The minimum atomic E-state index is -4.51. The predicted molar refractivity (Wildman–Crippen MR) is 125 cm³/mol.